The molecule has 0 aromatic carbocycles. The minimum absolute atomic E-state index is 0. The van der Waals surface area contributed by atoms with Gasteiger partial charge < -0.3 is 9.47 Å². The van der Waals surface area contributed by atoms with E-state index >= 15 is 0 Å². The van der Waals surface area contributed by atoms with Crippen molar-refractivity contribution in [3.63, 3.8) is 0 Å². The van der Waals surface area contributed by atoms with Crippen LogP contribution in [-0.4, -0.2) is 19.5 Å². The van der Waals surface area contributed by atoms with Crippen molar-refractivity contribution < 1.29 is 50.4 Å². The maximum Gasteiger partial charge on any atom is 0.145 e. The monoisotopic (exact) mass is 416 g/mol. The molecule has 0 amide bonds. The maximum atomic E-state index is 7.83. The van der Waals surface area contributed by atoms with Crippen molar-refractivity contribution in [3.8, 4) is 0 Å². The number of methoxy groups -OCH3 is 1. The van der Waals surface area contributed by atoms with Crippen molar-refractivity contribution in [3.05, 3.63) is 18.6 Å². The quantitative estimate of drug-likeness (QED) is 0.395. The van der Waals surface area contributed by atoms with Crippen LogP contribution in [0.25, 0.3) is 0 Å². The third-order valence-electron chi connectivity index (χ3n) is 6.33. The SMILES string of the molecule is [2H]C([2H])([2H])C(/C=C\[CH-][C@@H](C)[C@H]1CC[C@H]2[C@@H](C)CCC[C@]12C)(OCOC)C([2H])([2H])[2H].[Y]. The van der Waals surface area contributed by atoms with Crippen LogP contribution in [0.1, 0.15) is 74.8 Å². The number of rotatable bonds is 7. The van der Waals surface area contributed by atoms with E-state index in [2.05, 4.69) is 20.8 Å². The minimum atomic E-state index is -2.85. The molecule has 3 heteroatoms. The number of allylic oxidation sites excluding steroid dienone is 1. The maximum absolute atomic E-state index is 7.83. The molecule has 24 heavy (non-hydrogen) atoms. The van der Waals surface area contributed by atoms with Gasteiger partial charge in [-0.3, -0.25) is 0 Å². The second kappa shape index (κ2) is 9.54. The molecule has 0 saturated heterocycles. The van der Waals surface area contributed by atoms with Crippen LogP contribution in [-0.2, 0) is 42.2 Å². The van der Waals surface area contributed by atoms with Crippen LogP contribution in [0.2, 0.25) is 0 Å². The average molecular weight is 416 g/mol. The van der Waals surface area contributed by atoms with E-state index < -0.39 is 26.1 Å². The zero-order valence-corrected chi connectivity index (χ0v) is 18.5. The van der Waals surface area contributed by atoms with Gasteiger partial charge in [-0.25, -0.2) is 12.5 Å². The summed E-state index contributed by atoms with van der Waals surface area (Å²) in [6.07, 6.45) is 11.0. The molecule has 2 aliphatic rings. The Morgan fingerprint density at radius 3 is 2.79 bits per heavy atom. The summed E-state index contributed by atoms with van der Waals surface area (Å²) in [7, 11) is 1.34. The van der Waals surface area contributed by atoms with Gasteiger partial charge in [0.25, 0.3) is 0 Å². The first-order valence-corrected chi connectivity index (χ1v) is 8.96. The van der Waals surface area contributed by atoms with E-state index in [9.17, 15) is 0 Å². The number of hydrogen-bond donors (Lipinski definition) is 0. The van der Waals surface area contributed by atoms with Gasteiger partial charge in [0.2, 0.25) is 0 Å². The van der Waals surface area contributed by atoms with Gasteiger partial charge in [-0.05, 0) is 49.7 Å². The van der Waals surface area contributed by atoms with Gasteiger partial charge in [0.05, 0.1) is 0 Å². The molecule has 0 aliphatic heterocycles. The first-order chi connectivity index (χ1) is 13.3. The minimum Gasteiger partial charge on any atom is -0.363 e. The third kappa shape index (κ3) is 5.32. The van der Waals surface area contributed by atoms with Crippen molar-refractivity contribution in [1.82, 2.24) is 0 Å². The molecule has 0 aromatic rings. The smallest absolute Gasteiger partial charge is 0.145 e. The molecule has 0 bridgehead atoms. The molecule has 0 heterocycles. The third-order valence-corrected chi connectivity index (χ3v) is 6.33. The van der Waals surface area contributed by atoms with Gasteiger partial charge >= 0.3 is 0 Å². The van der Waals surface area contributed by atoms with E-state index in [0.29, 0.717) is 11.3 Å². The summed E-state index contributed by atoms with van der Waals surface area (Å²) >= 11 is 0. The summed E-state index contributed by atoms with van der Waals surface area (Å²) in [4.78, 5) is 0. The topological polar surface area (TPSA) is 18.5 Å². The van der Waals surface area contributed by atoms with Crippen molar-refractivity contribution in [2.45, 2.75) is 72.2 Å². The first-order valence-electron chi connectivity index (χ1n) is 12.0. The molecule has 2 saturated carbocycles. The Hall–Kier alpha value is 0.634. The Morgan fingerprint density at radius 1 is 1.38 bits per heavy atom. The number of hydrogen-bond acceptors (Lipinski definition) is 2. The molecule has 2 aliphatic carbocycles. The fourth-order valence-electron chi connectivity index (χ4n) is 5.17. The van der Waals surface area contributed by atoms with E-state index in [1.807, 2.05) is 6.42 Å². The summed E-state index contributed by atoms with van der Waals surface area (Å²) in [6.45, 7) is 0.825. The van der Waals surface area contributed by atoms with Crippen molar-refractivity contribution in [2.75, 3.05) is 13.9 Å². The molecule has 0 unspecified atom stereocenters. The first kappa shape index (κ1) is 14.7. The van der Waals surface area contributed by atoms with E-state index in [-0.39, 0.29) is 38.6 Å². The molecule has 137 valence electrons. The zero-order valence-electron chi connectivity index (χ0n) is 21.7. The molecule has 1 radical (unpaired) electrons. The predicted molar refractivity (Wildman–Crippen MR) is 97.0 cm³/mol. The van der Waals surface area contributed by atoms with Crippen LogP contribution in [0.3, 0.4) is 0 Å². The Morgan fingerprint density at radius 2 is 2.12 bits per heavy atom. The van der Waals surface area contributed by atoms with Crippen LogP contribution in [0.4, 0.5) is 0 Å². The van der Waals surface area contributed by atoms with E-state index in [4.69, 9.17) is 17.7 Å². The van der Waals surface area contributed by atoms with Gasteiger partial charge in [0.15, 0.2) is 0 Å². The van der Waals surface area contributed by atoms with Crippen molar-refractivity contribution >= 4 is 0 Å². The Labute approximate surface area is 183 Å². The average Bonchev–Trinajstić information content (AvgIpc) is 2.94. The van der Waals surface area contributed by atoms with Gasteiger partial charge in [-0.15, -0.1) is 0 Å². The second-order valence-electron chi connectivity index (χ2n) is 7.86. The van der Waals surface area contributed by atoms with Crippen LogP contribution < -0.4 is 0 Å². The Bertz CT molecular complexity index is 563. The van der Waals surface area contributed by atoms with Gasteiger partial charge in [-0.1, -0.05) is 46.0 Å². The Kier molecular flexibility index (Phi) is 5.83. The molecular formula is C21H37O2Y-. The van der Waals surface area contributed by atoms with Gasteiger partial charge in [0, 0.05) is 53.6 Å². The standard InChI is InChI=1S/C21H37O2.Y/c1-16(9-7-13-20(3,4)23-15-22-6)18-11-12-19-17(2)10-8-14-21(18,19)5;/h7,9,13,16-19H,8,10-12,14-15H2,1-6H3;/q-1;/b13-7-;/t16-,17+,18-,19+,21-;/m1./s1/i3D3,4D3;. The summed E-state index contributed by atoms with van der Waals surface area (Å²) in [5.74, 6) is 2.26. The number of ether oxygens (including phenoxy) is 2. The summed E-state index contributed by atoms with van der Waals surface area (Å²) < 4.78 is 57.0. The van der Waals surface area contributed by atoms with Crippen LogP contribution in [0.15, 0.2) is 12.2 Å². The molecule has 0 aromatic heterocycles. The van der Waals surface area contributed by atoms with Gasteiger partial charge in [-0.2, -0.15) is 6.08 Å². The van der Waals surface area contributed by atoms with E-state index in [1.54, 1.807) is 6.08 Å². The molecule has 2 nitrogen and oxygen atoms in total. The molecule has 5 atom stereocenters. The molecule has 2 rings (SSSR count). The molecule has 0 N–H and O–H groups in total. The summed E-state index contributed by atoms with van der Waals surface area (Å²) in [5.41, 5.74) is -2.09. The van der Waals surface area contributed by atoms with Crippen LogP contribution >= 0.6 is 0 Å². The van der Waals surface area contributed by atoms with Crippen LogP contribution in [0, 0.1) is 35.5 Å². The molecule has 0 spiro atoms. The zero-order chi connectivity index (χ0) is 22.1. The fourth-order valence-corrected chi connectivity index (χ4v) is 5.17. The molecule has 2 fully saturated rings. The largest absolute Gasteiger partial charge is 0.363 e. The van der Waals surface area contributed by atoms with E-state index in [0.717, 1.165) is 11.8 Å². The fraction of sp³-hybridized carbons (Fsp3) is 0.857. The summed E-state index contributed by atoms with van der Waals surface area (Å²) in [6, 6.07) is 0. The normalized spacial score (nSPS) is 39.4. The predicted octanol–water partition coefficient (Wildman–Crippen LogP) is 5.63. The summed E-state index contributed by atoms with van der Waals surface area (Å²) in [5, 5.41) is 0. The van der Waals surface area contributed by atoms with Crippen molar-refractivity contribution in [1.29, 1.82) is 0 Å². The van der Waals surface area contributed by atoms with Crippen LogP contribution in [0.5, 0.6) is 0 Å². The number of fused-ring (bicyclic) bond motifs is 1. The van der Waals surface area contributed by atoms with E-state index in [1.165, 1.54) is 45.3 Å². The van der Waals surface area contributed by atoms with Gasteiger partial charge in [0.1, 0.15) is 6.79 Å². The Balaban J connectivity index is 0.00000450. The molecular weight excluding hydrogens is 373 g/mol. The van der Waals surface area contributed by atoms with Crippen molar-refractivity contribution in [2.24, 2.45) is 29.1 Å². The second-order valence-corrected chi connectivity index (χ2v) is 7.86.